The van der Waals surface area contributed by atoms with Gasteiger partial charge in [0.1, 0.15) is 0 Å². The van der Waals surface area contributed by atoms with E-state index in [9.17, 15) is 4.79 Å². The largest absolute Gasteiger partial charge is 0.357 e. The lowest BCUT2D eigenvalue weighted by molar-refractivity contribution is -0.131. The molecule has 0 fully saturated rings. The molecular formula is C23H31IN4O. The normalized spacial score (nSPS) is 12.9. The van der Waals surface area contributed by atoms with Crippen molar-refractivity contribution in [3.8, 4) is 0 Å². The summed E-state index contributed by atoms with van der Waals surface area (Å²) in [5.41, 5.74) is 5.02. The third-order valence-electron chi connectivity index (χ3n) is 5.07. The van der Waals surface area contributed by atoms with Gasteiger partial charge in [0.25, 0.3) is 0 Å². The first-order chi connectivity index (χ1) is 13.7. The topological polar surface area (TPSA) is 56.7 Å². The summed E-state index contributed by atoms with van der Waals surface area (Å²) in [6.07, 6.45) is 1.35. The van der Waals surface area contributed by atoms with Crippen molar-refractivity contribution in [2.24, 2.45) is 4.99 Å². The summed E-state index contributed by atoms with van der Waals surface area (Å²) in [6, 6.07) is 16.6. The van der Waals surface area contributed by atoms with Gasteiger partial charge in [-0.05, 0) is 42.5 Å². The molecule has 1 aliphatic heterocycles. The van der Waals surface area contributed by atoms with Gasteiger partial charge < -0.3 is 15.5 Å². The number of carbonyl (C=O) groups is 1. The highest BCUT2D eigenvalue weighted by atomic mass is 127. The van der Waals surface area contributed by atoms with Gasteiger partial charge in [0.15, 0.2) is 5.96 Å². The third-order valence-corrected chi connectivity index (χ3v) is 5.07. The Morgan fingerprint density at radius 2 is 1.69 bits per heavy atom. The Hall–Kier alpha value is -2.09. The van der Waals surface area contributed by atoms with E-state index in [1.54, 1.807) is 0 Å². The Morgan fingerprint density at radius 3 is 2.34 bits per heavy atom. The van der Waals surface area contributed by atoms with Crippen molar-refractivity contribution in [2.75, 3.05) is 13.1 Å². The predicted molar refractivity (Wildman–Crippen MR) is 129 cm³/mol. The number of hydrogen-bond acceptors (Lipinski definition) is 2. The Labute approximate surface area is 191 Å². The maximum Gasteiger partial charge on any atom is 0.223 e. The highest BCUT2D eigenvalue weighted by molar-refractivity contribution is 14.0. The van der Waals surface area contributed by atoms with E-state index in [2.05, 4.69) is 53.7 Å². The number of guanidine groups is 1. The number of halogens is 1. The molecule has 0 unspecified atom stereocenters. The van der Waals surface area contributed by atoms with E-state index < -0.39 is 0 Å². The molecule has 0 spiro atoms. The van der Waals surface area contributed by atoms with Gasteiger partial charge in [0.05, 0.1) is 6.54 Å². The fraction of sp³-hybridized carbons (Fsp3) is 0.391. The number of aliphatic imine (C=N–C) groups is 1. The van der Waals surface area contributed by atoms with Crippen LogP contribution in [-0.2, 0) is 24.4 Å². The molecule has 0 aliphatic carbocycles. The van der Waals surface area contributed by atoms with E-state index in [1.807, 2.05) is 29.2 Å². The van der Waals surface area contributed by atoms with Crippen molar-refractivity contribution >= 4 is 35.8 Å². The van der Waals surface area contributed by atoms with Crippen LogP contribution in [0.1, 0.15) is 42.0 Å². The molecule has 1 heterocycles. The molecule has 0 radical (unpaired) electrons. The number of benzene rings is 2. The molecule has 0 atom stereocenters. The second-order valence-electron chi connectivity index (χ2n) is 7.17. The molecule has 0 saturated carbocycles. The van der Waals surface area contributed by atoms with E-state index in [0.29, 0.717) is 13.0 Å². The summed E-state index contributed by atoms with van der Waals surface area (Å²) in [6.45, 7) is 7.82. The van der Waals surface area contributed by atoms with Crippen LogP contribution >= 0.6 is 24.0 Å². The zero-order valence-electron chi connectivity index (χ0n) is 17.3. The molecule has 0 bridgehead atoms. The van der Waals surface area contributed by atoms with E-state index >= 15 is 0 Å². The molecule has 0 saturated heterocycles. The first-order valence-electron chi connectivity index (χ1n) is 10.1. The molecule has 156 valence electrons. The van der Waals surface area contributed by atoms with Crippen LogP contribution in [0, 0.1) is 6.92 Å². The molecule has 1 amide bonds. The van der Waals surface area contributed by atoms with Gasteiger partial charge in [0, 0.05) is 32.6 Å². The van der Waals surface area contributed by atoms with Gasteiger partial charge in [-0.25, -0.2) is 4.99 Å². The zero-order chi connectivity index (χ0) is 19.8. The fourth-order valence-electron chi connectivity index (χ4n) is 3.41. The molecule has 2 aromatic rings. The van der Waals surface area contributed by atoms with Crippen molar-refractivity contribution in [1.29, 1.82) is 0 Å². The number of hydrogen-bond donors (Lipinski definition) is 2. The monoisotopic (exact) mass is 506 g/mol. The highest BCUT2D eigenvalue weighted by Gasteiger charge is 2.22. The first-order valence-corrected chi connectivity index (χ1v) is 10.1. The molecule has 1 aliphatic rings. The smallest absolute Gasteiger partial charge is 0.223 e. The van der Waals surface area contributed by atoms with E-state index in [4.69, 9.17) is 0 Å². The molecule has 2 aromatic carbocycles. The van der Waals surface area contributed by atoms with Crippen LogP contribution in [-0.4, -0.2) is 29.9 Å². The minimum atomic E-state index is 0. The molecule has 5 nitrogen and oxygen atoms in total. The summed E-state index contributed by atoms with van der Waals surface area (Å²) in [5, 5.41) is 6.61. The highest BCUT2D eigenvalue weighted by Crippen LogP contribution is 2.22. The van der Waals surface area contributed by atoms with Crippen molar-refractivity contribution in [2.45, 2.75) is 46.3 Å². The standard InChI is InChI=1S/C23H30N4O.HI/c1-3-24-23(26-15-19-10-5-4-9-18(19)2)25-14-8-13-22(28)27-16-20-11-6-7-12-21(20)17-27;/h4-7,9-12H,3,8,13-17H2,1-2H3,(H2,24,25,26);1H. The summed E-state index contributed by atoms with van der Waals surface area (Å²) < 4.78 is 0. The lowest BCUT2D eigenvalue weighted by atomic mass is 10.1. The maximum absolute atomic E-state index is 12.5. The van der Waals surface area contributed by atoms with E-state index in [1.165, 1.54) is 22.3 Å². The van der Waals surface area contributed by atoms with E-state index in [0.717, 1.165) is 38.6 Å². The van der Waals surface area contributed by atoms with Crippen LogP contribution in [0.15, 0.2) is 53.5 Å². The predicted octanol–water partition coefficient (Wildman–Crippen LogP) is 3.99. The molecular weight excluding hydrogens is 475 g/mol. The number of nitrogens with one attached hydrogen (secondary N) is 2. The Morgan fingerprint density at radius 1 is 1.03 bits per heavy atom. The molecule has 3 rings (SSSR count). The van der Waals surface area contributed by atoms with Gasteiger partial charge in [-0.2, -0.15) is 0 Å². The van der Waals surface area contributed by atoms with Crippen LogP contribution in [0.25, 0.3) is 0 Å². The van der Waals surface area contributed by atoms with Gasteiger partial charge in [-0.1, -0.05) is 48.5 Å². The average molecular weight is 506 g/mol. The third kappa shape index (κ3) is 6.73. The Balaban J connectivity index is 0.00000300. The number of amides is 1. The van der Waals surface area contributed by atoms with Crippen LogP contribution in [0.5, 0.6) is 0 Å². The van der Waals surface area contributed by atoms with Crippen LogP contribution < -0.4 is 10.6 Å². The maximum atomic E-state index is 12.5. The summed E-state index contributed by atoms with van der Waals surface area (Å²) >= 11 is 0. The number of fused-ring (bicyclic) bond motifs is 1. The van der Waals surface area contributed by atoms with Crippen LogP contribution in [0.2, 0.25) is 0 Å². The Bertz CT molecular complexity index is 812. The van der Waals surface area contributed by atoms with Gasteiger partial charge in [-0.15, -0.1) is 24.0 Å². The van der Waals surface area contributed by atoms with E-state index in [-0.39, 0.29) is 29.9 Å². The first kappa shape index (κ1) is 23.2. The lowest BCUT2D eigenvalue weighted by Crippen LogP contribution is -2.38. The SMILES string of the molecule is CCNC(=NCc1ccccc1C)NCCCC(=O)N1Cc2ccccc2C1.I. The van der Waals surface area contributed by atoms with Crippen LogP contribution in [0.3, 0.4) is 0 Å². The number of carbonyl (C=O) groups excluding carboxylic acids is 1. The van der Waals surface area contributed by atoms with Crippen molar-refractivity contribution in [3.63, 3.8) is 0 Å². The number of nitrogens with zero attached hydrogens (tertiary/aromatic N) is 2. The lowest BCUT2D eigenvalue weighted by Gasteiger charge is -2.16. The average Bonchev–Trinajstić information content (AvgIpc) is 3.14. The number of rotatable bonds is 7. The zero-order valence-corrected chi connectivity index (χ0v) is 19.6. The van der Waals surface area contributed by atoms with Gasteiger partial charge >= 0.3 is 0 Å². The second-order valence-corrected chi connectivity index (χ2v) is 7.17. The molecule has 6 heteroatoms. The van der Waals surface area contributed by atoms with Crippen LogP contribution in [0.4, 0.5) is 0 Å². The van der Waals surface area contributed by atoms with Crippen molar-refractivity contribution in [1.82, 2.24) is 15.5 Å². The van der Waals surface area contributed by atoms with Gasteiger partial charge in [-0.3, -0.25) is 4.79 Å². The molecule has 2 N–H and O–H groups in total. The quantitative estimate of drug-likeness (QED) is 0.259. The summed E-state index contributed by atoms with van der Waals surface area (Å²) in [7, 11) is 0. The number of aryl methyl sites for hydroxylation is 1. The molecule has 29 heavy (non-hydrogen) atoms. The second kappa shape index (κ2) is 11.8. The van der Waals surface area contributed by atoms with Crippen molar-refractivity contribution < 1.29 is 4.79 Å². The summed E-state index contributed by atoms with van der Waals surface area (Å²) in [5.74, 6) is 1.02. The summed E-state index contributed by atoms with van der Waals surface area (Å²) in [4.78, 5) is 19.1. The minimum Gasteiger partial charge on any atom is -0.357 e. The van der Waals surface area contributed by atoms with Crippen molar-refractivity contribution in [3.05, 3.63) is 70.8 Å². The minimum absolute atomic E-state index is 0. The Kier molecular flexibility index (Phi) is 9.44. The fourth-order valence-corrected chi connectivity index (χ4v) is 3.41. The van der Waals surface area contributed by atoms with Gasteiger partial charge in [0.2, 0.25) is 5.91 Å². The molecule has 0 aromatic heterocycles.